The summed E-state index contributed by atoms with van der Waals surface area (Å²) in [5.41, 5.74) is -0.00737. The molecule has 0 aromatic heterocycles. The Labute approximate surface area is 118 Å². The molecule has 1 aliphatic heterocycles. The Hall–Kier alpha value is -0.683. The number of carbonyl (C=O) groups is 2. The topological polar surface area (TPSA) is 55.4 Å². The zero-order valence-electron chi connectivity index (χ0n) is 12.9. The maximum Gasteiger partial charge on any atom is 0.225 e. The van der Waals surface area contributed by atoms with E-state index in [9.17, 15) is 9.59 Å². The van der Waals surface area contributed by atoms with Crippen molar-refractivity contribution in [3.8, 4) is 0 Å². The van der Waals surface area contributed by atoms with Crippen LogP contribution in [-0.2, 0) is 14.0 Å². The molecule has 0 spiro atoms. The molecule has 1 heterocycles. The molecular weight excluding hydrogens is 258 g/mol. The summed E-state index contributed by atoms with van der Waals surface area (Å²) in [6.45, 7) is 13.2. The molecular formula is C14H27NO3Si. The number of amides is 1. The molecule has 4 nitrogen and oxygen atoms in total. The lowest BCUT2D eigenvalue weighted by Crippen LogP contribution is -2.65. The fourth-order valence-electron chi connectivity index (χ4n) is 2.58. The summed E-state index contributed by atoms with van der Waals surface area (Å²) in [6.07, 6.45) is 0.925. The van der Waals surface area contributed by atoms with Crippen molar-refractivity contribution in [1.29, 1.82) is 0 Å². The van der Waals surface area contributed by atoms with Crippen LogP contribution in [0.4, 0.5) is 0 Å². The molecule has 0 aliphatic carbocycles. The summed E-state index contributed by atoms with van der Waals surface area (Å²) in [6, 6.07) is -0.0355. The third-order valence-corrected chi connectivity index (χ3v) is 4.79. The summed E-state index contributed by atoms with van der Waals surface area (Å²) < 4.78 is 5.87. The van der Waals surface area contributed by atoms with Gasteiger partial charge in [0.05, 0.1) is 5.92 Å². The monoisotopic (exact) mass is 285 g/mol. The van der Waals surface area contributed by atoms with Gasteiger partial charge < -0.3 is 14.5 Å². The first-order chi connectivity index (χ1) is 8.68. The van der Waals surface area contributed by atoms with Gasteiger partial charge in [0.2, 0.25) is 5.91 Å². The van der Waals surface area contributed by atoms with Crippen LogP contribution in [0.25, 0.3) is 0 Å². The van der Waals surface area contributed by atoms with E-state index in [4.69, 9.17) is 4.43 Å². The number of rotatable bonds is 6. The molecule has 19 heavy (non-hydrogen) atoms. The fourth-order valence-corrected chi connectivity index (χ4v) is 3.17. The predicted molar refractivity (Wildman–Crippen MR) is 78.4 cm³/mol. The van der Waals surface area contributed by atoms with Crippen LogP contribution in [0.15, 0.2) is 0 Å². The van der Waals surface area contributed by atoms with Gasteiger partial charge in [-0.15, -0.1) is 0 Å². The third kappa shape index (κ3) is 3.89. The van der Waals surface area contributed by atoms with E-state index < -0.39 is 9.04 Å². The molecule has 5 heteroatoms. The van der Waals surface area contributed by atoms with Gasteiger partial charge in [-0.1, -0.05) is 27.7 Å². The van der Waals surface area contributed by atoms with Crippen LogP contribution in [0.2, 0.25) is 13.1 Å². The minimum absolute atomic E-state index is 0.00737. The van der Waals surface area contributed by atoms with Crippen LogP contribution in [0.3, 0.4) is 0 Å². The average molecular weight is 285 g/mol. The molecule has 4 atom stereocenters. The second-order valence-corrected chi connectivity index (χ2v) is 9.34. The minimum atomic E-state index is -1.10. The maximum absolute atomic E-state index is 11.9. The quantitative estimate of drug-likeness (QED) is 0.458. The molecule has 0 bridgehead atoms. The first-order valence-corrected chi connectivity index (χ1v) is 9.83. The molecule has 0 saturated carbocycles. The van der Waals surface area contributed by atoms with Crippen LogP contribution in [0.1, 0.15) is 27.7 Å². The molecule has 1 saturated heterocycles. The Bertz CT molecular complexity index is 338. The van der Waals surface area contributed by atoms with Gasteiger partial charge in [-0.2, -0.15) is 0 Å². The van der Waals surface area contributed by atoms with Crippen LogP contribution in [-0.4, -0.2) is 33.9 Å². The van der Waals surface area contributed by atoms with Crippen LogP contribution < -0.4 is 5.32 Å². The van der Waals surface area contributed by atoms with Crippen LogP contribution in [0, 0.1) is 23.2 Å². The number of aldehydes is 1. The van der Waals surface area contributed by atoms with Gasteiger partial charge in [0, 0.05) is 18.6 Å². The van der Waals surface area contributed by atoms with Crippen molar-refractivity contribution in [2.75, 3.05) is 6.61 Å². The Morgan fingerprint density at radius 2 is 2.00 bits per heavy atom. The molecule has 1 N–H and O–H groups in total. The smallest absolute Gasteiger partial charge is 0.225 e. The normalized spacial score (nSPS) is 26.6. The van der Waals surface area contributed by atoms with E-state index in [-0.39, 0.29) is 35.1 Å². The van der Waals surface area contributed by atoms with Crippen LogP contribution in [0.5, 0.6) is 0 Å². The van der Waals surface area contributed by atoms with Gasteiger partial charge in [-0.3, -0.25) is 4.79 Å². The summed E-state index contributed by atoms with van der Waals surface area (Å²) in [7, 11) is -1.10. The van der Waals surface area contributed by atoms with Gasteiger partial charge in [0.15, 0.2) is 9.04 Å². The molecule has 1 aliphatic rings. The number of hydrogen-bond acceptors (Lipinski definition) is 3. The first-order valence-electron chi connectivity index (χ1n) is 7.05. The van der Waals surface area contributed by atoms with E-state index in [1.165, 1.54) is 0 Å². The van der Waals surface area contributed by atoms with Gasteiger partial charge in [0.1, 0.15) is 6.29 Å². The lowest BCUT2D eigenvalue weighted by Gasteiger charge is -2.47. The van der Waals surface area contributed by atoms with Crippen molar-refractivity contribution in [3.63, 3.8) is 0 Å². The molecule has 1 fully saturated rings. The number of β-lactam (4-membered cyclic amide) rings is 1. The first kappa shape index (κ1) is 16.4. The van der Waals surface area contributed by atoms with E-state index in [0.29, 0.717) is 6.61 Å². The molecule has 0 aromatic rings. The molecule has 0 aromatic carbocycles. The lowest BCUT2D eigenvalue weighted by molar-refractivity contribution is -0.145. The third-order valence-electron chi connectivity index (χ3n) is 3.93. The van der Waals surface area contributed by atoms with Crippen molar-refractivity contribution in [2.24, 2.45) is 23.2 Å². The van der Waals surface area contributed by atoms with Crippen LogP contribution >= 0.6 is 0 Å². The van der Waals surface area contributed by atoms with E-state index in [1.807, 2.05) is 6.92 Å². The van der Waals surface area contributed by atoms with Crippen molar-refractivity contribution in [2.45, 2.75) is 46.8 Å². The van der Waals surface area contributed by atoms with Gasteiger partial charge in [-0.25, -0.2) is 0 Å². The van der Waals surface area contributed by atoms with E-state index in [1.54, 1.807) is 0 Å². The molecule has 0 radical (unpaired) electrons. The minimum Gasteiger partial charge on any atom is -0.420 e. The number of hydrogen-bond donors (Lipinski definition) is 1. The number of nitrogens with one attached hydrogen (secondary N) is 1. The molecule has 0 unspecified atom stereocenters. The zero-order chi connectivity index (χ0) is 14.8. The molecule has 1 rings (SSSR count). The zero-order valence-corrected chi connectivity index (χ0v) is 14.1. The Balaban J connectivity index is 2.84. The van der Waals surface area contributed by atoms with Gasteiger partial charge >= 0.3 is 0 Å². The SMILES string of the molecule is C[C@@H](C=O)[C@H]1NC(=O)[C@H]1[C@@H](CO[SiH](C)C)C(C)(C)C. The second kappa shape index (κ2) is 6.18. The molecule has 110 valence electrons. The highest BCUT2D eigenvalue weighted by molar-refractivity contribution is 6.48. The maximum atomic E-state index is 11.9. The largest absolute Gasteiger partial charge is 0.420 e. The van der Waals surface area contributed by atoms with E-state index in [0.717, 1.165) is 6.29 Å². The summed E-state index contributed by atoms with van der Waals surface area (Å²) in [4.78, 5) is 22.9. The van der Waals surface area contributed by atoms with Gasteiger partial charge in [0.25, 0.3) is 0 Å². The predicted octanol–water partition coefficient (Wildman–Crippen LogP) is 1.60. The van der Waals surface area contributed by atoms with Crippen molar-refractivity contribution in [1.82, 2.24) is 5.32 Å². The van der Waals surface area contributed by atoms with Crippen molar-refractivity contribution >= 4 is 21.2 Å². The lowest BCUT2D eigenvalue weighted by atomic mass is 9.65. The van der Waals surface area contributed by atoms with E-state index >= 15 is 0 Å². The molecule has 1 amide bonds. The highest BCUT2D eigenvalue weighted by Crippen LogP contribution is 2.39. The highest BCUT2D eigenvalue weighted by atomic mass is 28.3. The summed E-state index contributed by atoms with van der Waals surface area (Å²) in [5, 5.41) is 2.87. The van der Waals surface area contributed by atoms with Crippen molar-refractivity contribution in [3.05, 3.63) is 0 Å². The Morgan fingerprint density at radius 1 is 1.42 bits per heavy atom. The average Bonchev–Trinajstić information content (AvgIpc) is 2.28. The van der Waals surface area contributed by atoms with Gasteiger partial charge in [-0.05, 0) is 24.4 Å². The second-order valence-electron chi connectivity index (χ2n) is 6.91. The standard InChI is InChI=1S/C14H27NO3Si/c1-9(7-16)12-11(13(17)15-12)10(14(2,3)4)8-18-19(5)6/h7,9-12,19H,8H2,1-6H3,(H,15,17)/t9-,10+,11-,12+/m0/s1. The fraction of sp³-hybridized carbons (Fsp3) is 0.857. The Kier molecular flexibility index (Phi) is 5.32. The summed E-state index contributed by atoms with van der Waals surface area (Å²) in [5.74, 6) is -0.0204. The van der Waals surface area contributed by atoms with E-state index in [2.05, 4.69) is 39.2 Å². The number of carbonyl (C=O) groups excluding carboxylic acids is 2. The van der Waals surface area contributed by atoms with Crippen molar-refractivity contribution < 1.29 is 14.0 Å². The Morgan fingerprint density at radius 3 is 2.37 bits per heavy atom. The summed E-state index contributed by atoms with van der Waals surface area (Å²) >= 11 is 0. The highest BCUT2D eigenvalue weighted by Gasteiger charge is 2.50.